The van der Waals surface area contributed by atoms with Crippen LogP contribution in [-0.4, -0.2) is 24.0 Å². The van der Waals surface area contributed by atoms with Gasteiger partial charge in [0.05, 0.1) is 18.4 Å². The van der Waals surface area contributed by atoms with E-state index in [0.717, 1.165) is 17.4 Å². The molecule has 0 spiro atoms. The van der Waals surface area contributed by atoms with Crippen molar-refractivity contribution in [1.82, 2.24) is 4.98 Å². The summed E-state index contributed by atoms with van der Waals surface area (Å²) in [5.41, 5.74) is 5.48. The average Bonchev–Trinajstić information content (AvgIpc) is 2.87. The van der Waals surface area contributed by atoms with Crippen LogP contribution >= 0.6 is 11.3 Å². The van der Waals surface area contributed by atoms with E-state index in [1.54, 1.807) is 0 Å². The number of aromatic nitrogens is 1. The van der Waals surface area contributed by atoms with Crippen molar-refractivity contribution in [3.05, 3.63) is 40.7 Å². The highest BCUT2D eigenvalue weighted by molar-refractivity contribution is 7.13. The number of ether oxygens (including phenoxy) is 1. The number of rotatable bonds is 3. The second-order valence-corrected chi connectivity index (χ2v) is 4.60. The molecule has 0 aliphatic rings. The topological polar surface area (TPSA) is 94.3 Å². The van der Waals surface area contributed by atoms with E-state index in [0.29, 0.717) is 0 Å². The third-order valence-corrected chi connectivity index (χ3v) is 3.06. The zero-order valence-electron chi connectivity index (χ0n) is 10.3. The molecule has 0 radical (unpaired) electrons. The van der Waals surface area contributed by atoms with Gasteiger partial charge in [0.25, 0.3) is 5.91 Å². The Morgan fingerprint density at radius 1 is 1.45 bits per heavy atom. The second-order valence-electron chi connectivity index (χ2n) is 3.71. The normalized spacial score (nSPS) is 10.1. The molecule has 8 heteroatoms. The summed E-state index contributed by atoms with van der Waals surface area (Å²) in [5, 5.41) is 4.01. The van der Waals surface area contributed by atoms with E-state index >= 15 is 0 Å². The number of carbonyl (C=O) groups is 2. The number of hydrogen-bond donors (Lipinski definition) is 2. The molecule has 0 aliphatic heterocycles. The van der Waals surface area contributed by atoms with Crippen LogP contribution in [0.2, 0.25) is 0 Å². The van der Waals surface area contributed by atoms with Crippen molar-refractivity contribution in [3.8, 4) is 0 Å². The monoisotopic (exact) mass is 295 g/mol. The Bertz CT molecular complexity index is 672. The first-order chi connectivity index (χ1) is 9.51. The number of nitrogens with zero attached hydrogens (tertiary/aromatic N) is 1. The first-order valence-corrected chi connectivity index (χ1v) is 6.29. The summed E-state index contributed by atoms with van der Waals surface area (Å²) < 4.78 is 18.1. The molecule has 0 unspecified atom stereocenters. The number of methoxy groups -OCH3 is 1. The molecule has 0 saturated heterocycles. The van der Waals surface area contributed by atoms with Crippen molar-refractivity contribution in [2.45, 2.75) is 0 Å². The van der Waals surface area contributed by atoms with Crippen LogP contribution in [0.4, 0.5) is 15.2 Å². The Morgan fingerprint density at radius 3 is 2.80 bits per heavy atom. The van der Waals surface area contributed by atoms with E-state index in [4.69, 9.17) is 5.73 Å². The highest BCUT2D eigenvalue weighted by atomic mass is 32.1. The van der Waals surface area contributed by atoms with Gasteiger partial charge in [-0.1, -0.05) is 0 Å². The zero-order valence-corrected chi connectivity index (χ0v) is 11.2. The van der Waals surface area contributed by atoms with Gasteiger partial charge in [-0.3, -0.25) is 4.79 Å². The fourth-order valence-corrected chi connectivity index (χ4v) is 1.99. The number of nitrogens with one attached hydrogen (secondary N) is 1. The molecule has 1 heterocycles. The van der Waals surface area contributed by atoms with Crippen molar-refractivity contribution >= 4 is 34.0 Å². The Kier molecular flexibility index (Phi) is 3.94. The molecule has 0 atom stereocenters. The summed E-state index contributed by atoms with van der Waals surface area (Å²) in [7, 11) is 1.21. The Labute approximate surface area is 117 Å². The predicted molar refractivity (Wildman–Crippen MR) is 72.2 cm³/mol. The molecule has 0 saturated carbocycles. The first kappa shape index (κ1) is 13.9. The van der Waals surface area contributed by atoms with Crippen LogP contribution in [0, 0.1) is 5.82 Å². The predicted octanol–water partition coefficient (Wildman–Crippen LogP) is 1.90. The van der Waals surface area contributed by atoms with Gasteiger partial charge in [0.1, 0.15) is 11.5 Å². The number of halogens is 1. The zero-order chi connectivity index (χ0) is 14.7. The molecule has 1 aromatic carbocycles. The number of carbonyl (C=O) groups excluding carboxylic acids is 2. The van der Waals surface area contributed by atoms with E-state index in [-0.39, 0.29) is 22.1 Å². The van der Waals surface area contributed by atoms with Gasteiger partial charge in [0, 0.05) is 5.38 Å². The maximum absolute atomic E-state index is 13.6. The smallest absolute Gasteiger partial charge is 0.337 e. The second kappa shape index (κ2) is 5.66. The molecule has 2 aromatic rings. The minimum absolute atomic E-state index is 0.0790. The molecule has 104 valence electrons. The van der Waals surface area contributed by atoms with Crippen molar-refractivity contribution in [2.24, 2.45) is 0 Å². The maximum Gasteiger partial charge on any atom is 0.337 e. The van der Waals surface area contributed by atoms with Crippen molar-refractivity contribution in [1.29, 1.82) is 0 Å². The summed E-state index contributed by atoms with van der Waals surface area (Å²) in [5.74, 6) is -1.91. The quantitative estimate of drug-likeness (QED) is 0.843. The number of thiazole rings is 1. The number of benzene rings is 1. The third-order valence-electron chi connectivity index (χ3n) is 2.39. The lowest BCUT2D eigenvalue weighted by atomic mass is 10.2. The molecule has 0 fully saturated rings. The summed E-state index contributed by atoms with van der Waals surface area (Å²) in [4.78, 5) is 27.0. The van der Waals surface area contributed by atoms with Crippen LogP contribution < -0.4 is 11.1 Å². The van der Waals surface area contributed by atoms with Gasteiger partial charge in [-0.15, -0.1) is 11.3 Å². The minimum atomic E-state index is -0.672. The largest absolute Gasteiger partial charge is 0.465 e. The van der Waals surface area contributed by atoms with Crippen molar-refractivity contribution < 1.29 is 18.7 Å². The maximum atomic E-state index is 13.6. The average molecular weight is 295 g/mol. The highest BCUT2D eigenvalue weighted by Gasteiger charge is 2.15. The lowest BCUT2D eigenvalue weighted by Gasteiger charge is -2.06. The first-order valence-electron chi connectivity index (χ1n) is 5.41. The third kappa shape index (κ3) is 2.91. The van der Waals surface area contributed by atoms with E-state index in [9.17, 15) is 14.0 Å². The fourth-order valence-electron chi connectivity index (χ4n) is 1.44. The summed E-state index contributed by atoms with van der Waals surface area (Å²) in [6.45, 7) is 0. The van der Waals surface area contributed by atoms with Gasteiger partial charge in [-0.25, -0.2) is 14.2 Å². The van der Waals surface area contributed by atoms with E-state index in [1.165, 1.54) is 24.6 Å². The van der Waals surface area contributed by atoms with Crippen LogP contribution in [0.1, 0.15) is 20.8 Å². The molecule has 0 bridgehead atoms. The number of hydrogen-bond acceptors (Lipinski definition) is 6. The minimum Gasteiger partial charge on any atom is -0.465 e. The number of amides is 1. The fraction of sp³-hybridized carbons (Fsp3) is 0.0833. The van der Waals surface area contributed by atoms with Gasteiger partial charge in [-0.2, -0.15) is 0 Å². The van der Waals surface area contributed by atoms with Crippen molar-refractivity contribution in [2.75, 3.05) is 18.2 Å². The summed E-state index contributed by atoms with van der Waals surface area (Å²) in [6.07, 6.45) is 0. The molecule has 3 N–H and O–H groups in total. The lowest BCUT2D eigenvalue weighted by Crippen LogP contribution is -2.14. The molecule has 2 rings (SSSR count). The van der Waals surface area contributed by atoms with E-state index in [2.05, 4.69) is 15.0 Å². The van der Waals surface area contributed by atoms with Crippen LogP contribution in [-0.2, 0) is 4.74 Å². The summed E-state index contributed by atoms with van der Waals surface area (Å²) >= 11 is 1.10. The highest BCUT2D eigenvalue weighted by Crippen LogP contribution is 2.19. The van der Waals surface area contributed by atoms with Gasteiger partial charge in [0.15, 0.2) is 5.13 Å². The number of esters is 1. The SMILES string of the molecule is COC(=O)c1ccc(F)c(NC(=O)c2csc(N)n2)c1. The van der Waals surface area contributed by atoms with Gasteiger partial charge >= 0.3 is 5.97 Å². The van der Waals surface area contributed by atoms with Gasteiger partial charge in [-0.05, 0) is 18.2 Å². The number of nitrogen functional groups attached to an aromatic ring is 1. The molecule has 20 heavy (non-hydrogen) atoms. The number of nitrogens with two attached hydrogens (primary N) is 1. The van der Waals surface area contributed by atoms with Gasteiger partial charge < -0.3 is 15.8 Å². The molecule has 1 aromatic heterocycles. The van der Waals surface area contributed by atoms with E-state index < -0.39 is 17.7 Å². The van der Waals surface area contributed by atoms with Crippen molar-refractivity contribution in [3.63, 3.8) is 0 Å². The molecule has 0 aliphatic carbocycles. The Hall–Kier alpha value is -2.48. The van der Waals surface area contributed by atoms with Crippen LogP contribution in [0.15, 0.2) is 23.6 Å². The standard InChI is InChI=1S/C12H10FN3O3S/c1-19-11(18)6-2-3-7(13)8(4-6)15-10(17)9-5-20-12(14)16-9/h2-5H,1H3,(H2,14,16)(H,15,17). The molecular formula is C12H10FN3O3S. The molecule has 1 amide bonds. The molecule has 6 nitrogen and oxygen atoms in total. The molecular weight excluding hydrogens is 285 g/mol. The lowest BCUT2D eigenvalue weighted by molar-refractivity contribution is 0.0600. The van der Waals surface area contributed by atoms with Crippen LogP contribution in [0.25, 0.3) is 0 Å². The Morgan fingerprint density at radius 2 is 2.20 bits per heavy atom. The van der Waals surface area contributed by atoms with Gasteiger partial charge in [0.2, 0.25) is 0 Å². The van der Waals surface area contributed by atoms with Crippen LogP contribution in [0.3, 0.4) is 0 Å². The van der Waals surface area contributed by atoms with Crippen LogP contribution in [0.5, 0.6) is 0 Å². The summed E-state index contributed by atoms with van der Waals surface area (Å²) in [6, 6.07) is 3.52. The Balaban J connectivity index is 2.24. The van der Waals surface area contributed by atoms with E-state index in [1.807, 2.05) is 0 Å². The number of anilines is 2.